The number of carbonyl (C=O) groups is 1. The van der Waals surface area contributed by atoms with E-state index in [1.807, 2.05) is 11.8 Å². The molecular formula is C14H27NO2S. The molecule has 1 saturated carbocycles. The largest absolute Gasteiger partial charge is 0.469 e. The molecule has 0 aromatic rings. The van der Waals surface area contributed by atoms with Gasteiger partial charge in [0, 0.05) is 6.04 Å². The molecule has 4 heteroatoms. The highest BCUT2D eigenvalue weighted by molar-refractivity contribution is 7.99. The quantitative estimate of drug-likeness (QED) is 0.491. The summed E-state index contributed by atoms with van der Waals surface area (Å²) in [4.78, 5) is 11.3. The average Bonchev–Trinajstić information content (AvgIpc) is 3.12. The third-order valence-corrected chi connectivity index (χ3v) is 4.89. The van der Waals surface area contributed by atoms with Gasteiger partial charge in [-0.2, -0.15) is 11.8 Å². The Labute approximate surface area is 115 Å². The lowest BCUT2D eigenvalue weighted by Crippen LogP contribution is -2.27. The van der Waals surface area contributed by atoms with Crippen LogP contribution in [0.3, 0.4) is 0 Å². The third kappa shape index (κ3) is 6.10. The highest BCUT2D eigenvalue weighted by Crippen LogP contribution is 2.51. The Kier molecular flexibility index (Phi) is 7.08. The molecule has 0 saturated heterocycles. The van der Waals surface area contributed by atoms with Gasteiger partial charge in [0.2, 0.25) is 0 Å². The molecule has 1 fully saturated rings. The highest BCUT2D eigenvalue weighted by atomic mass is 32.2. The zero-order valence-electron chi connectivity index (χ0n) is 12.0. The predicted molar refractivity (Wildman–Crippen MR) is 78.0 cm³/mol. The number of rotatable bonds is 10. The van der Waals surface area contributed by atoms with Crippen molar-refractivity contribution in [1.29, 1.82) is 0 Å². The first kappa shape index (κ1) is 15.8. The summed E-state index contributed by atoms with van der Waals surface area (Å²) in [6.07, 6.45) is 5.40. The van der Waals surface area contributed by atoms with Crippen molar-refractivity contribution in [3.63, 3.8) is 0 Å². The van der Waals surface area contributed by atoms with Gasteiger partial charge in [0.05, 0.1) is 13.5 Å². The topological polar surface area (TPSA) is 38.3 Å². The minimum absolute atomic E-state index is 0.0499. The lowest BCUT2D eigenvalue weighted by atomic mass is 10.1. The van der Waals surface area contributed by atoms with Gasteiger partial charge in [0.15, 0.2) is 0 Å². The van der Waals surface area contributed by atoms with Gasteiger partial charge in [-0.3, -0.25) is 4.79 Å². The molecule has 1 N–H and O–H groups in total. The number of carbonyl (C=O) groups excluding carboxylic acids is 1. The molecule has 0 aromatic heterocycles. The second kappa shape index (κ2) is 8.05. The van der Waals surface area contributed by atoms with Gasteiger partial charge in [-0.05, 0) is 56.1 Å². The summed E-state index contributed by atoms with van der Waals surface area (Å²) < 4.78 is 4.76. The highest BCUT2D eigenvalue weighted by Gasteiger charge is 2.44. The van der Waals surface area contributed by atoms with Gasteiger partial charge < -0.3 is 10.1 Å². The van der Waals surface area contributed by atoms with Crippen molar-refractivity contribution in [2.24, 2.45) is 5.41 Å². The number of nitrogens with one attached hydrogen (secondary N) is 1. The maximum Gasteiger partial charge on any atom is 0.306 e. The second-order valence-corrected chi connectivity index (χ2v) is 6.55. The van der Waals surface area contributed by atoms with E-state index in [0.717, 1.165) is 12.3 Å². The molecule has 0 heterocycles. The van der Waals surface area contributed by atoms with Gasteiger partial charge in [0.25, 0.3) is 0 Å². The van der Waals surface area contributed by atoms with Crippen LogP contribution in [0, 0.1) is 5.41 Å². The van der Waals surface area contributed by atoms with Crippen LogP contribution in [0.4, 0.5) is 0 Å². The summed E-state index contributed by atoms with van der Waals surface area (Å²) in [6.45, 7) is 5.55. The molecule has 1 rings (SSSR count). The van der Waals surface area contributed by atoms with Crippen molar-refractivity contribution in [2.75, 3.05) is 25.2 Å². The Bertz CT molecular complexity index is 254. The van der Waals surface area contributed by atoms with Gasteiger partial charge in [-0.25, -0.2) is 0 Å². The van der Waals surface area contributed by atoms with Gasteiger partial charge >= 0.3 is 5.97 Å². The van der Waals surface area contributed by atoms with Crippen LogP contribution in [0.5, 0.6) is 0 Å². The van der Waals surface area contributed by atoms with E-state index in [4.69, 9.17) is 4.74 Å². The Hall–Kier alpha value is -0.220. The van der Waals surface area contributed by atoms with Crippen LogP contribution in [0.15, 0.2) is 0 Å². The lowest BCUT2D eigenvalue weighted by Gasteiger charge is -2.15. The fourth-order valence-electron chi connectivity index (χ4n) is 1.97. The summed E-state index contributed by atoms with van der Waals surface area (Å²) in [6, 6.07) is 0.605. The van der Waals surface area contributed by atoms with Crippen molar-refractivity contribution in [3.05, 3.63) is 0 Å². The monoisotopic (exact) mass is 273 g/mol. The van der Waals surface area contributed by atoms with Crippen LogP contribution in [-0.4, -0.2) is 37.2 Å². The van der Waals surface area contributed by atoms with Crippen LogP contribution >= 0.6 is 11.8 Å². The molecule has 1 aliphatic rings. The Balaban J connectivity index is 2.05. The molecule has 0 aliphatic heterocycles. The van der Waals surface area contributed by atoms with Crippen molar-refractivity contribution < 1.29 is 9.53 Å². The SMILES string of the molecule is CCCNC(C)CCSCC1(CC(=O)OC)CC1. The van der Waals surface area contributed by atoms with Gasteiger partial charge in [0.1, 0.15) is 0 Å². The molecule has 0 spiro atoms. The maximum absolute atomic E-state index is 11.3. The summed E-state index contributed by atoms with van der Waals surface area (Å²) in [5.41, 5.74) is 0.276. The molecule has 0 amide bonds. The fraction of sp³-hybridized carbons (Fsp3) is 0.929. The third-order valence-electron chi connectivity index (χ3n) is 3.55. The van der Waals surface area contributed by atoms with Gasteiger partial charge in [-0.1, -0.05) is 6.92 Å². The molecule has 0 bridgehead atoms. The minimum atomic E-state index is -0.0499. The smallest absolute Gasteiger partial charge is 0.306 e. The zero-order chi connectivity index (χ0) is 13.4. The lowest BCUT2D eigenvalue weighted by molar-refractivity contribution is -0.141. The molecular weight excluding hydrogens is 246 g/mol. The molecule has 3 nitrogen and oxygen atoms in total. The Morgan fingerprint density at radius 3 is 2.78 bits per heavy atom. The predicted octanol–water partition coefficient (Wildman–Crippen LogP) is 2.84. The second-order valence-electron chi connectivity index (χ2n) is 5.45. The van der Waals surface area contributed by atoms with E-state index in [0.29, 0.717) is 12.5 Å². The van der Waals surface area contributed by atoms with E-state index in [9.17, 15) is 4.79 Å². The van der Waals surface area contributed by atoms with E-state index in [1.54, 1.807) is 0 Å². The zero-order valence-corrected chi connectivity index (χ0v) is 12.8. The van der Waals surface area contributed by atoms with Crippen molar-refractivity contribution in [2.45, 2.75) is 52.0 Å². The first-order valence-corrected chi connectivity index (χ1v) is 8.15. The minimum Gasteiger partial charge on any atom is -0.469 e. The number of hydrogen-bond donors (Lipinski definition) is 1. The number of methoxy groups -OCH3 is 1. The van der Waals surface area contributed by atoms with Crippen molar-refractivity contribution in [3.8, 4) is 0 Å². The molecule has 18 heavy (non-hydrogen) atoms. The number of esters is 1. The van der Waals surface area contributed by atoms with Crippen LogP contribution in [0.2, 0.25) is 0 Å². The Morgan fingerprint density at radius 1 is 1.50 bits per heavy atom. The summed E-state index contributed by atoms with van der Waals surface area (Å²) >= 11 is 1.99. The molecule has 0 aromatic carbocycles. The number of ether oxygens (including phenoxy) is 1. The van der Waals surface area contributed by atoms with E-state index >= 15 is 0 Å². The van der Waals surface area contributed by atoms with E-state index in [2.05, 4.69) is 19.2 Å². The van der Waals surface area contributed by atoms with Crippen LogP contribution in [0.1, 0.15) is 46.0 Å². The number of thioether (sulfide) groups is 1. The van der Waals surface area contributed by atoms with Crippen LogP contribution < -0.4 is 5.32 Å². The summed E-state index contributed by atoms with van der Waals surface area (Å²) in [5.74, 6) is 2.25. The Morgan fingerprint density at radius 2 is 2.22 bits per heavy atom. The first-order valence-electron chi connectivity index (χ1n) is 7.00. The molecule has 106 valence electrons. The van der Waals surface area contributed by atoms with Crippen molar-refractivity contribution >= 4 is 17.7 Å². The van der Waals surface area contributed by atoms with Crippen LogP contribution in [0.25, 0.3) is 0 Å². The molecule has 1 aliphatic carbocycles. The van der Waals surface area contributed by atoms with E-state index in [-0.39, 0.29) is 11.4 Å². The maximum atomic E-state index is 11.3. The fourth-order valence-corrected chi connectivity index (χ4v) is 3.46. The van der Waals surface area contributed by atoms with E-state index < -0.39 is 0 Å². The molecule has 1 atom stereocenters. The van der Waals surface area contributed by atoms with Crippen molar-refractivity contribution in [1.82, 2.24) is 5.32 Å². The van der Waals surface area contributed by atoms with Crippen LogP contribution in [-0.2, 0) is 9.53 Å². The van der Waals surface area contributed by atoms with E-state index in [1.165, 1.54) is 38.5 Å². The standard InChI is InChI=1S/C14H27NO2S/c1-4-8-15-12(2)5-9-18-11-14(6-7-14)10-13(16)17-3/h12,15H,4-11H2,1-3H3. The number of hydrogen-bond acceptors (Lipinski definition) is 4. The first-order chi connectivity index (χ1) is 8.62. The van der Waals surface area contributed by atoms with Gasteiger partial charge in [-0.15, -0.1) is 0 Å². The molecule has 1 unspecified atom stereocenters. The normalized spacial score (nSPS) is 18.4. The molecule has 0 radical (unpaired) electrons. The summed E-state index contributed by atoms with van der Waals surface area (Å²) in [7, 11) is 1.48. The average molecular weight is 273 g/mol. The summed E-state index contributed by atoms with van der Waals surface area (Å²) in [5, 5.41) is 3.50.